The van der Waals surface area contributed by atoms with Gasteiger partial charge in [0.05, 0.1) is 37.4 Å². The van der Waals surface area contributed by atoms with Gasteiger partial charge in [-0.25, -0.2) is 4.79 Å². The summed E-state index contributed by atoms with van der Waals surface area (Å²) in [4.78, 5) is 23.9. The van der Waals surface area contributed by atoms with Crippen LogP contribution in [0.4, 0.5) is 4.79 Å². The van der Waals surface area contributed by atoms with Crippen LogP contribution in [0, 0.1) is 10.8 Å². The summed E-state index contributed by atoms with van der Waals surface area (Å²) in [6.45, 7) is 20.1. The molecule has 0 aromatic rings. The maximum Gasteiger partial charge on any atom is 0.407 e. The molecule has 0 heterocycles. The van der Waals surface area contributed by atoms with Crippen molar-refractivity contribution < 1.29 is 28.5 Å². The molecule has 0 aliphatic heterocycles. The third-order valence-electron chi connectivity index (χ3n) is 5.82. The molecule has 0 rings (SSSR count). The Morgan fingerprint density at radius 1 is 0.812 bits per heavy atom. The molecule has 0 aromatic heterocycles. The van der Waals surface area contributed by atoms with Crippen LogP contribution in [0.3, 0.4) is 0 Å². The van der Waals surface area contributed by atoms with Crippen molar-refractivity contribution in [3.8, 4) is 0 Å². The Balaban J connectivity index is 4.04. The minimum absolute atomic E-state index is 0.102. The van der Waals surface area contributed by atoms with Crippen molar-refractivity contribution in [2.75, 3.05) is 33.5 Å². The van der Waals surface area contributed by atoms with Gasteiger partial charge < -0.3 is 24.3 Å². The maximum absolute atomic E-state index is 11.9. The lowest BCUT2D eigenvalue weighted by molar-refractivity contribution is -0.145. The fourth-order valence-corrected chi connectivity index (χ4v) is 3.28. The van der Waals surface area contributed by atoms with E-state index in [4.69, 9.17) is 18.9 Å². The van der Waals surface area contributed by atoms with E-state index in [0.717, 1.165) is 19.3 Å². The zero-order valence-electron chi connectivity index (χ0n) is 22.3. The lowest BCUT2D eigenvalue weighted by Crippen LogP contribution is -2.33. The number of carbonyl (C=O) groups is 2. The predicted molar refractivity (Wildman–Crippen MR) is 128 cm³/mol. The van der Waals surface area contributed by atoms with Crippen molar-refractivity contribution in [2.45, 2.75) is 106 Å². The molecular formula is C25H49NO6. The fourth-order valence-electron chi connectivity index (χ4n) is 3.28. The van der Waals surface area contributed by atoms with Crippen LogP contribution in [0.15, 0.2) is 0 Å². The standard InChI is InChI=1S/C25H49NO6/c1-11-22(2,3)18-23(4,5)19-31-21(28)26-15-12-20(27)30-16-13-25(8,9)32-17-14-24(6,7)29-10/h11-19H2,1-10H3,(H,26,28). The molecule has 190 valence electrons. The number of alkyl carbamates (subject to hydrolysis) is 1. The van der Waals surface area contributed by atoms with E-state index in [9.17, 15) is 9.59 Å². The molecule has 0 unspecified atom stereocenters. The molecule has 0 aliphatic carbocycles. The number of nitrogens with one attached hydrogen (secondary N) is 1. The van der Waals surface area contributed by atoms with E-state index in [2.05, 4.69) is 39.9 Å². The van der Waals surface area contributed by atoms with E-state index in [1.807, 2.05) is 27.7 Å². The Hall–Kier alpha value is -1.34. The summed E-state index contributed by atoms with van der Waals surface area (Å²) >= 11 is 0. The maximum atomic E-state index is 11.9. The largest absolute Gasteiger partial charge is 0.466 e. The summed E-state index contributed by atoms with van der Waals surface area (Å²) in [7, 11) is 1.69. The topological polar surface area (TPSA) is 83.1 Å². The minimum Gasteiger partial charge on any atom is -0.466 e. The van der Waals surface area contributed by atoms with Gasteiger partial charge in [-0.2, -0.15) is 0 Å². The van der Waals surface area contributed by atoms with Crippen molar-refractivity contribution >= 4 is 12.1 Å². The number of hydrogen-bond donors (Lipinski definition) is 1. The molecule has 0 fully saturated rings. The summed E-state index contributed by atoms with van der Waals surface area (Å²) < 4.78 is 21.9. The third kappa shape index (κ3) is 15.5. The summed E-state index contributed by atoms with van der Waals surface area (Å²) in [6, 6.07) is 0. The van der Waals surface area contributed by atoms with Crippen LogP contribution in [-0.4, -0.2) is 56.7 Å². The van der Waals surface area contributed by atoms with Gasteiger partial charge in [0, 0.05) is 20.1 Å². The van der Waals surface area contributed by atoms with Crippen molar-refractivity contribution in [3.05, 3.63) is 0 Å². The third-order valence-corrected chi connectivity index (χ3v) is 5.82. The normalized spacial score (nSPS) is 13.1. The molecule has 0 radical (unpaired) electrons. The molecule has 1 N–H and O–H groups in total. The minimum atomic E-state index is -0.506. The number of amides is 1. The average molecular weight is 460 g/mol. The van der Waals surface area contributed by atoms with Gasteiger partial charge in [0.2, 0.25) is 0 Å². The number of rotatable bonds is 16. The first-order valence-corrected chi connectivity index (χ1v) is 11.8. The van der Waals surface area contributed by atoms with Crippen molar-refractivity contribution in [3.63, 3.8) is 0 Å². The monoisotopic (exact) mass is 459 g/mol. The summed E-state index contributed by atoms with van der Waals surface area (Å²) in [5.74, 6) is -0.355. The number of hydrogen-bond acceptors (Lipinski definition) is 6. The van der Waals surface area contributed by atoms with Gasteiger partial charge in [0.15, 0.2) is 0 Å². The molecule has 0 aromatic carbocycles. The van der Waals surface area contributed by atoms with Crippen molar-refractivity contribution in [1.82, 2.24) is 5.32 Å². The van der Waals surface area contributed by atoms with Gasteiger partial charge in [-0.3, -0.25) is 4.79 Å². The molecule has 0 bridgehead atoms. The van der Waals surface area contributed by atoms with E-state index in [1.54, 1.807) is 7.11 Å². The lowest BCUT2D eigenvalue weighted by Gasteiger charge is -2.33. The van der Waals surface area contributed by atoms with E-state index < -0.39 is 11.7 Å². The molecule has 7 heteroatoms. The summed E-state index contributed by atoms with van der Waals surface area (Å²) in [6.07, 6.45) is 2.99. The van der Waals surface area contributed by atoms with Gasteiger partial charge in [0.1, 0.15) is 0 Å². The highest BCUT2D eigenvalue weighted by Gasteiger charge is 2.29. The Morgan fingerprint density at radius 2 is 1.41 bits per heavy atom. The summed E-state index contributed by atoms with van der Waals surface area (Å²) in [5, 5.41) is 2.62. The van der Waals surface area contributed by atoms with E-state index in [0.29, 0.717) is 19.6 Å². The molecule has 0 spiro atoms. The van der Waals surface area contributed by atoms with Crippen molar-refractivity contribution in [2.24, 2.45) is 10.8 Å². The van der Waals surface area contributed by atoms with E-state index in [1.165, 1.54) is 0 Å². The molecular weight excluding hydrogens is 410 g/mol. The zero-order valence-corrected chi connectivity index (χ0v) is 22.3. The highest BCUT2D eigenvalue weighted by molar-refractivity contribution is 5.71. The Bertz CT molecular complexity index is 569. The molecule has 32 heavy (non-hydrogen) atoms. The van der Waals surface area contributed by atoms with Gasteiger partial charge in [-0.1, -0.05) is 41.0 Å². The summed E-state index contributed by atoms with van der Waals surface area (Å²) in [5.41, 5.74) is -0.527. The van der Waals surface area contributed by atoms with Crippen LogP contribution in [-0.2, 0) is 23.7 Å². The lowest BCUT2D eigenvalue weighted by atomic mass is 9.74. The van der Waals surface area contributed by atoms with E-state index in [-0.39, 0.29) is 42.0 Å². The quantitative estimate of drug-likeness (QED) is 0.307. The highest BCUT2D eigenvalue weighted by atomic mass is 16.6. The smallest absolute Gasteiger partial charge is 0.407 e. The number of ether oxygens (including phenoxy) is 4. The second kappa shape index (κ2) is 13.4. The number of methoxy groups -OCH3 is 1. The van der Waals surface area contributed by atoms with Gasteiger partial charge in [-0.05, 0) is 51.4 Å². The first-order chi connectivity index (χ1) is 14.5. The fraction of sp³-hybridized carbons (Fsp3) is 0.920. The Morgan fingerprint density at radius 3 is 1.97 bits per heavy atom. The zero-order chi connectivity index (χ0) is 25.1. The van der Waals surface area contributed by atoms with Crippen LogP contribution in [0.2, 0.25) is 0 Å². The molecule has 0 aliphatic rings. The Kier molecular flexibility index (Phi) is 12.8. The molecule has 7 nitrogen and oxygen atoms in total. The number of carbonyl (C=O) groups excluding carboxylic acids is 2. The van der Waals surface area contributed by atoms with Crippen LogP contribution in [0.5, 0.6) is 0 Å². The second-order valence-electron chi connectivity index (χ2n) is 11.4. The predicted octanol–water partition coefficient (Wildman–Crippen LogP) is 5.50. The molecule has 0 atom stereocenters. The van der Waals surface area contributed by atoms with E-state index >= 15 is 0 Å². The Labute approximate surface area is 196 Å². The highest BCUT2D eigenvalue weighted by Crippen LogP contribution is 2.36. The first kappa shape index (κ1) is 30.7. The van der Waals surface area contributed by atoms with Gasteiger partial charge >= 0.3 is 12.1 Å². The van der Waals surface area contributed by atoms with Gasteiger partial charge in [-0.15, -0.1) is 0 Å². The second-order valence-corrected chi connectivity index (χ2v) is 11.4. The van der Waals surface area contributed by atoms with Gasteiger partial charge in [0.25, 0.3) is 0 Å². The number of esters is 1. The molecule has 0 saturated carbocycles. The first-order valence-electron chi connectivity index (χ1n) is 11.8. The van der Waals surface area contributed by atoms with Crippen molar-refractivity contribution in [1.29, 1.82) is 0 Å². The van der Waals surface area contributed by atoms with Crippen LogP contribution < -0.4 is 5.32 Å². The SMILES string of the molecule is CCC(C)(C)CC(C)(C)COC(=O)NCCC(=O)OCCC(C)(C)OCCC(C)(C)OC. The molecule has 0 saturated heterocycles. The average Bonchev–Trinajstić information content (AvgIpc) is 2.65. The van der Waals surface area contributed by atoms with Crippen LogP contribution in [0.25, 0.3) is 0 Å². The van der Waals surface area contributed by atoms with Crippen LogP contribution in [0.1, 0.15) is 94.4 Å². The molecule has 1 amide bonds. The van der Waals surface area contributed by atoms with Crippen LogP contribution >= 0.6 is 0 Å².